The third-order valence-electron chi connectivity index (χ3n) is 4.33. The van der Waals surface area contributed by atoms with E-state index < -0.39 is 0 Å². The normalized spacial score (nSPS) is 15.6. The lowest BCUT2D eigenvalue weighted by Crippen LogP contribution is -2.38. The van der Waals surface area contributed by atoms with Gasteiger partial charge < -0.3 is 19.9 Å². The van der Waals surface area contributed by atoms with Gasteiger partial charge in [-0.15, -0.1) is 0 Å². The number of rotatable bonds is 4. The highest BCUT2D eigenvalue weighted by atomic mass is 16.5. The second-order valence-corrected chi connectivity index (χ2v) is 5.83. The molecule has 1 aliphatic heterocycles. The molecule has 2 aromatic rings. The summed E-state index contributed by atoms with van der Waals surface area (Å²) < 4.78 is 10.1. The molecular weight excluding hydrogens is 294 g/mol. The Morgan fingerprint density at radius 1 is 1.35 bits per heavy atom. The topological polar surface area (TPSA) is 81.6 Å². The highest BCUT2D eigenvalue weighted by molar-refractivity contribution is 5.78. The Hall–Kier alpha value is -2.50. The number of likely N-dealkylation sites (tertiary alicyclic amines) is 1. The minimum absolute atomic E-state index is 0.160. The molecule has 0 saturated carbocycles. The van der Waals surface area contributed by atoms with Crippen molar-refractivity contribution < 1.29 is 14.1 Å². The van der Waals surface area contributed by atoms with Crippen LogP contribution in [0.1, 0.15) is 30.0 Å². The second kappa shape index (κ2) is 6.73. The number of nitrogens with two attached hydrogens (primary N) is 1. The Balaban J connectivity index is 1.53. The number of nitrogens with zero attached hydrogens (tertiary/aromatic N) is 2. The summed E-state index contributed by atoms with van der Waals surface area (Å²) in [5.74, 6) is 1.63. The molecule has 0 unspecified atom stereocenters. The molecule has 0 bridgehead atoms. The van der Waals surface area contributed by atoms with Crippen LogP contribution in [-0.4, -0.2) is 36.2 Å². The second-order valence-electron chi connectivity index (χ2n) is 5.83. The van der Waals surface area contributed by atoms with Gasteiger partial charge in [0.25, 0.3) is 0 Å². The number of amides is 1. The average molecular weight is 315 g/mol. The maximum atomic E-state index is 12.4. The van der Waals surface area contributed by atoms with E-state index >= 15 is 0 Å². The Kier molecular flexibility index (Phi) is 4.50. The van der Waals surface area contributed by atoms with Gasteiger partial charge in [0.15, 0.2) is 0 Å². The van der Waals surface area contributed by atoms with Gasteiger partial charge in [-0.3, -0.25) is 4.79 Å². The molecule has 23 heavy (non-hydrogen) atoms. The average Bonchev–Trinajstić information content (AvgIpc) is 3.02. The highest BCUT2D eigenvalue weighted by Crippen LogP contribution is 2.28. The number of methoxy groups -OCH3 is 1. The molecule has 6 nitrogen and oxygen atoms in total. The van der Waals surface area contributed by atoms with E-state index in [1.165, 1.54) is 0 Å². The van der Waals surface area contributed by atoms with Crippen LogP contribution in [0.15, 0.2) is 34.9 Å². The zero-order valence-corrected chi connectivity index (χ0v) is 13.2. The van der Waals surface area contributed by atoms with Crippen molar-refractivity contribution in [2.45, 2.75) is 25.2 Å². The first kappa shape index (κ1) is 15.4. The number of benzene rings is 1. The van der Waals surface area contributed by atoms with Gasteiger partial charge in [0.2, 0.25) is 11.8 Å². The molecular formula is C17H21N3O3. The number of hydrogen-bond acceptors (Lipinski definition) is 5. The first-order valence-corrected chi connectivity index (χ1v) is 7.78. The van der Waals surface area contributed by atoms with Gasteiger partial charge in [-0.1, -0.05) is 17.3 Å². The molecule has 6 heteroatoms. The summed E-state index contributed by atoms with van der Waals surface area (Å²) in [6.07, 6.45) is 2.20. The molecule has 1 aromatic carbocycles. The number of carbonyl (C=O) groups is 1. The first-order chi connectivity index (χ1) is 11.2. The molecule has 0 atom stereocenters. The Labute approximate surface area is 135 Å². The lowest BCUT2D eigenvalue weighted by molar-refractivity contribution is -0.131. The van der Waals surface area contributed by atoms with Crippen LogP contribution in [0, 0.1) is 0 Å². The van der Waals surface area contributed by atoms with E-state index in [0.717, 1.165) is 42.9 Å². The van der Waals surface area contributed by atoms with Crippen LogP contribution in [0.4, 0.5) is 5.88 Å². The fraction of sp³-hybridized carbons (Fsp3) is 0.412. The predicted molar refractivity (Wildman–Crippen MR) is 86.2 cm³/mol. The SMILES string of the molecule is COc1ccc(CC(=O)N2CCC(c3cc(N)on3)CC2)cc1. The number of ether oxygens (including phenoxy) is 1. The summed E-state index contributed by atoms with van der Waals surface area (Å²) in [6.45, 7) is 1.48. The predicted octanol–water partition coefficient (Wildman–Crippen LogP) is 2.21. The van der Waals surface area contributed by atoms with Crippen molar-refractivity contribution in [3.63, 3.8) is 0 Å². The fourth-order valence-corrected chi connectivity index (χ4v) is 2.95. The molecule has 0 spiro atoms. The lowest BCUT2D eigenvalue weighted by Gasteiger charge is -2.31. The Morgan fingerprint density at radius 3 is 2.61 bits per heavy atom. The molecule has 1 aromatic heterocycles. The molecule has 2 N–H and O–H groups in total. The van der Waals surface area contributed by atoms with Crippen molar-refractivity contribution in [1.29, 1.82) is 0 Å². The van der Waals surface area contributed by atoms with Gasteiger partial charge >= 0.3 is 0 Å². The maximum Gasteiger partial charge on any atom is 0.226 e. The molecule has 1 saturated heterocycles. The maximum absolute atomic E-state index is 12.4. The van der Waals surface area contributed by atoms with E-state index in [1.54, 1.807) is 13.2 Å². The third-order valence-corrected chi connectivity index (χ3v) is 4.33. The van der Waals surface area contributed by atoms with E-state index in [2.05, 4.69) is 5.16 Å². The standard InChI is InChI=1S/C17H21N3O3/c1-22-14-4-2-12(3-5-14)10-17(21)20-8-6-13(7-9-20)15-11-16(18)23-19-15/h2-5,11,13H,6-10,18H2,1H3. The molecule has 1 amide bonds. The van der Waals surface area contributed by atoms with E-state index in [0.29, 0.717) is 18.2 Å². The van der Waals surface area contributed by atoms with Crippen LogP contribution in [0.2, 0.25) is 0 Å². The van der Waals surface area contributed by atoms with Crippen LogP contribution < -0.4 is 10.5 Å². The minimum atomic E-state index is 0.160. The van der Waals surface area contributed by atoms with Crippen molar-refractivity contribution in [2.75, 3.05) is 25.9 Å². The van der Waals surface area contributed by atoms with Crippen LogP contribution in [-0.2, 0) is 11.2 Å². The number of aromatic nitrogens is 1. The zero-order valence-electron chi connectivity index (χ0n) is 13.2. The van der Waals surface area contributed by atoms with Crippen molar-refractivity contribution in [3.05, 3.63) is 41.6 Å². The summed E-state index contributed by atoms with van der Waals surface area (Å²) in [5.41, 5.74) is 7.46. The Morgan fingerprint density at radius 2 is 2.04 bits per heavy atom. The molecule has 0 radical (unpaired) electrons. The third kappa shape index (κ3) is 3.64. The van der Waals surface area contributed by atoms with Crippen molar-refractivity contribution >= 4 is 11.8 Å². The number of nitrogen functional groups attached to an aromatic ring is 1. The smallest absolute Gasteiger partial charge is 0.226 e. The van der Waals surface area contributed by atoms with Crippen molar-refractivity contribution in [1.82, 2.24) is 10.1 Å². The van der Waals surface area contributed by atoms with Crippen molar-refractivity contribution in [2.24, 2.45) is 0 Å². The first-order valence-electron chi connectivity index (χ1n) is 7.78. The summed E-state index contributed by atoms with van der Waals surface area (Å²) in [5, 5.41) is 3.98. The van der Waals surface area contributed by atoms with Gasteiger partial charge in [-0.05, 0) is 30.5 Å². The quantitative estimate of drug-likeness (QED) is 0.935. The number of anilines is 1. The van der Waals surface area contributed by atoms with E-state index in [9.17, 15) is 4.79 Å². The van der Waals surface area contributed by atoms with Crippen molar-refractivity contribution in [3.8, 4) is 5.75 Å². The number of hydrogen-bond donors (Lipinski definition) is 1. The van der Waals surface area contributed by atoms with E-state index in [-0.39, 0.29) is 5.91 Å². The van der Waals surface area contributed by atoms with Gasteiger partial charge in [0.05, 0.1) is 19.2 Å². The van der Waals surface area contributed by atoms with E-state index in [1.807, 2.05) is 29.2 Å². The number of piperidine rings is 1. The minimum Gasteiger partial charge on any atom is -0.497 e. The summed E-state index contributed by atoms with van der Waals surface area (Å²) in [7, 11) is 1.63. The molecule has 1 aliphatic rings. The zero-order chi connectivity index (χ0) is 16.2. The molecule has 1 fully saturated rings. The molecule has 122 valence electrons. The lowest BCUT2D eigenvalue weighted by atomic mass is 9.93. The van der Waals surface area contributed by atoms with Crippen LogP contribution in [0.25, 0.3) is 0 Å². The van der Waals surface area contributed by atoms with Crippen LogP contribution in [0.3, 0.4) is 0 Å². The van der Waals surface area contributed by atoms with Crippen LogP contribution in [0.5, 0.6) is 5.75 Å². The molecule has 2 heterocycles. The fourth-order valence-electron chi connectivity index (χ4n) is 2.95. The van der Waals surface area contributed by atoms with Gasteiger partial charge in [0, 0.05) is 25.1 Å². The highest BCUT2D eigenvalue weighted by Gasteiger charge is 2.25. The van der Waals surface area contributed by atoms with Gasteiger partial charge in [-0.25, -0.2) is 0 Å². The van der Waals surface area contributed by atoms with Gasteiger partial charge in [-0.2, -0.15) is 0 Å². The largest absolute Gasteiger partial charge is 0.497 e. The summed E-state index contributed by atoms with van der Waals surface area (Å²) in [4.78, 5) is 14.3. The number of carbonyl (C=O) groups excluding carboxylic acids is 1. The van der Waals surface area contributed by atoms with Crippen LogP contribution >= 0.6 is 0 Å². The molecule has 3 rings (SSSR count). The monoisotopic (exact) mass is 315 g/mol. The van der Waals surface area contributed by atoms with Gasteiger partial charge in [0.1, 0.15) is 5.75 Å². The molecule has 0 aliphatic carbocycles. The Bertz CT molecular complexity index is 658. The summed E-state index contributed by atoms with van der Waals surface area (Å²) >= 11 is 0. The summed E-state index contributed by atoms with van der Waals surface area (Å²) in [6, 6.07) is 9.40. The van der Waals surface area contributed by atoms with E-state index in [4.69, 9.17) is 15.0 Å².